The first kappa shape index (κ1) is 45.7. The summed E-state index contributed by atoms with van der Waals surface area (Å²) in [6.07, 6.45) is -0.925. The molecule has 0 spiro atoms. The monoisotopic (exact) mass is 799 g/mol. The number of hydrazine groups is 1. The van der Waals surface area contributed by atoms with E-state index in [1.165, 1.54) is 7.11 Å². The number of rotatable bonds is 17. The fraction of sp³-hybridized carbons (Fsp3) is 0.533. The minimum atomic E-state index is -1.17. The van der Waals surface area contributed by atoms with Gasteiger partial charge in [0.05, 0.1) is 43.5 Å². The van der Waals surface area contributed by atoms with Gasteiger partial charge in [-0.3, -0.25) is 20.0 Å². The molecule has 2 heterocycles. The van der Waals surface area contributed by atoms with Gasteiger partial charge in [-0.25, -0.2) is 14.6 Å². The lowest BCUT2D eigenvalue weighted by Crippen LogP contribution is -2.59. The van der Waals surface area contributed by atoms with Gasteiger partial charge in [0.25, 0.3) is 5.91 Å². The number of carbonyl (C=O) groups is 4. The lowest BCUT2D eigenvalue weighted by atomic mass is 9.83. The van der Waals surface area contributed by atoms with Gasteiger partial charge in [-0.05, 0) is 58.9 Å². The van der Waals surface area contributed by atoms with Crippen LogP contribution < -0.4 is 21.4 Å². The summed E-state index contributed by atoms with van der Waals surface area (Å²) in [4.78, 5) is 60.5. The Kier molecular flexibility index (Phi) is 15.8. The molecule has 4 rings (SSSR count). The van der Waals surface area contributed by atoms with Crippen molar-refractivity contribution >= 4 is 23.9 Å². The van der Waals surface area contributed by atoms with Crippen LogP contribution >= 0.6 is 0 Å². The van der Waals surface area contributed by atoms with E-state index in [1.807, 2.05) is 102 Å². The van der Waals surface area contributed by atoms with Crippen molar-refractivity contribution in [3.05, 3.63) is 101 Å². The number of urea groups is 1. The average molecular weight is 800 g/mol. The number of pyridine rings is 1. The first-order chi connectivity index (χ1) is 27.3. The van der Waals surface area contributed by atoms with Crippen LogP contribution in [0.15, 0.2) is 72.8 Å². The molecule has 1 aliphatic rings. The Hall–Kier alpha value is -5.01. The molecule has 0 radical (unpaired) electrons. The number of aromatic nitrogens is 1. The highest BCUT2D eigenvalue weighted by atomic mass is 16.5. The Morgan fingerprint density at radius 3 is 2.21 bits per heavy atom. The van der Waals surface area contributed by atoms with Crippen molar-refractivity contribution in [1.29, 1.82) is 0 Å². The first-order valence-electron chi connectivity index (χ1n) is 20.3. The molecule has 5 N–H and O–H groups in total. The van der Waals surface area contributed by atoms with E-state index in [9.17, 15) is 24.3 Å². The lowest BCUT2D eigenvalue weighted by molar-refractivity contribution is -0.133. The van der Waals surface area contributed by atoms with Gasteiger partial charge in [0.15, 0.2) is 0 Å². The Bertz CT molecular complexity index is 1830. The molecule has 6 atom stereocenters. The number of carbonyl (C=O) groups excluding carboxylic acids is 4. The van der Waals surface area contributed by atoms with Crippen molar-refractivity contribution < 1.29 is 29.0 Å². The highest BCUT2D eigenvalue weighted by molar-refractivity contribution is 5.86. The zero-order valence-electron chi connectivity index (χ0n) is 36.0. The van der Waals surface area contributed by atoms with Gasteiger partial charge in [-0.2, -0.15) is 0 Å². The molecule has 13 nitrogen and oxygen atoms in total. The molecule has 13 heteroatoms. The van der Waals surface area contributed by atoms with Gasteiger partial charge >= 0.3 is 12.1 Å². The molecule has 1 saturated heterocycles. The van der Waals surface area contributed by atoms with Gasteiger partial charge in [-0.1, -0.05) is 122 Å². The van der Waals surface area contributed by atoms with Gasteiger partial charge in [0, 0.05) is 25.3 Å². The van der Waals surface area contributed by atoms with Crippen molar-refractivity contribution in [2.75, 3.05) is 20.2 Å². The number of alkyl carbamates (subject to hydrolysis) is 1. The molecule has 316 valence electrons. The summed E-state index contributed by atoms with van der Waals surface area (Å²) in [5.41, 5.74) is 6.73. The van der Waals surface area contributed by atoms with E-state index in [-0.39, 0.29) is 42.9 Å². The van der Waals surface area contributed by atoms with Crippen molar-refractivity contribution in [3.63, 3.8) is 0 Å². The third-order valence-electron chi connectivity index (χ3n) is 10.9. The highest BCUT2D eigenvalue weighted by Gasteiger charge is 2.43. The smallest absolute Gasteiger partial charge is 0.407 e. The number of benzene rings is 2. The Labute approximate surface area is 344 Å². The van der Waals surface area contributed by atoms with Crippen molar-refractivity contribution in [2.45, 2.75) is 118 Å². The number of hydrogen-bond acceptors (Lipinski definition) is 8. The maximum atomic E-state index is 14.7. The lowest BCUT2D eigenvalue weighted by Gasteiger charge is -2.36. The third kappa shape index (κ3) is 12.7. The molecule has 2 aromatic carbocycles. The number of hydrogen-bond donors (Lipinski definition) is 5. The van der Waals surface area contributed by atoms with Crippen LogP contribution in [-0.4, -0.2) is 88.4 Å². The van der Waals surface area contributed by atoms with E-state index >= 15 is 0 Å². The summed E-state index contributed by atoms with van der Waals surface area (Å²) in [7, 11) is 1.24. The minimum absolute atomic E-state index is 0.0610. The van der Waals surface area contributed by atoms with Gasteiger partial charge < -0.3 is 30.7 Å². The molecule has 5 amide bonds. The van der Waals surface area contributed by atoms with Gasteiger partial charge in [0.2, 0.25) is 5.91 Å². The Balaban J connectivity index is 1.66. The molecule has 1 aromatic heterocycles. The van der Waals surface area contributed by atoms with Crippen LogP contribution in [0.5, 0.6) is 0 Å². The standard InChI is InChI=1S/C45H65N7O6/c1-11-29(2)38(36-25-46-42(56)52(36)27-34-19-15-16-30(3)47-34)40(54)48-35(24-31-17-13-12-14-18-31)37(53)28-51(26-32-20-22-33(23-21-32)44(4,5)6)50-41(55)39(45(7,8)9)49-43(57)58-10/h12-23,29,35-39,53H,11,24-28H2,1-10H3,(H,46,56)(H,48,54)(H,49,57)(H,50,55). The van der Waals surface area contributed by atoms with Crippen molar-refractivity contribution in [3.8, 4) is 0 Å². The largest absolute Gasteiger partial charge is 0.453 e. The molecule has 1 fully saturated rings. The average Bonchev–Trinajstić information content (AvgIpc) is 3.51. The first-order valence-corrected chi connectivity index (χ1v) is 20.3. The number of aryl methyl sites for hydroxylation is 1. The minimum Gasteiger partial charge on any atom is -0.453 e. The second-order valence-electron chi connectivity index (χ2n) is 17.7. The molecule has 3 aromatic rings. The van der Waals surface area contributed by atoms with Crippen LogP contribution in [0.25, 0.3) is 0 Å². The summed E-state index contributed by atoms with van der Waals surface area (Å²) in [5, 5.41) is 22.6. The molecule has 1 aliphatic heterocycles. The van der Waals surface area contributed by atoms with Crippen LogP contribution in [0.1, 0.15) is 89.9 Å². The molecular weight excluding hydrogens is 735 g/mol. The fourth-order valence-corrected chi connectivity index (χ4v) is 7.33. The van der Waals surface area contributed by atoms with Crippen LogP contribution in [0.4, 0.5) is 9.59 Å². The number of methoxy groups -OCH3 is 1. The topological polar surface area (TPSA) is 165 Å². The SMILES string of the molecule is CCC(C)C(C(=O)NC(Cc1ccccc1)C(O)CN(Cc1ccc(C(C)(C)C)cc1)NC(=O)C(NC(=O)OC)C(C)(C)C)C1CNC(=O)N1Cc1cccc(C)n1. The zero-order valence-corrected chi connectivity index (χ0v) is 36.0. The quantitative estimate of drug-likeness (QED) is 0.110. The predicted octanol–water partition coefficient (Wildman–Crippen LogP) is 5.64. The molecule has 6 unspecified atom stereocenters. The zero-order chi connectivity index (χ0) is 42.8. The number of aliphatic hydroxyl groups is 1. The third-order valence-corrected chi connectivity index (χ3v) is 10.9. The number of ether oxygens (including phenoxy) is 1. The van der Waals surface area contributed by atoms with Crippen LogP contribution in [0.3, 0.4) is 0 Å². The molecule has 0 saturated carbocycles. The summed E-state index contributed by atoms with van der Waals surface area (Å²) < 4.78 is 4.83. The van der Waals surface area contributed by atoms with E-state index < -0.39 is 47.6 Å². The summed E-state index contributed by atoms with van der Waals surface area (Å²) in [5.74, 6) is -1.48. The van der Waals surface area contributed by atoms with E-state index in [4.69, 9.17) is 4.74 Å². The second-order valence-corrected chi connectivity index (χ2v) is 17.7. The number of aliphatic hydroxyl groups excluding tert-OH is 1. The Morgan fingerprint density at radius 1 is 0.948 bits per heavy atom. The summed E-state index contributed by atoms with van der Waals surface area (Å²) in [6, 6.07) is 20.9. The van der Waals surface area contributed by atoms with Gasteiger partial charge in [-0.15, -0.1) is 0 Å². The number of amides is 5. The normalized spacial score (nSPS) is 17.1. The summed E-state index contributed by atoms with van der Waals surface area (Å²) >= 11 is 0. The molecule has 0 bridgehead atoms. The fourth-order valence-electron chi connectivity index (χ4n) is 7.33. The highest BCUT2D eigenvalue weighted by Crippen LogP contribution is 2.28. The van der Waals surface area contributed by atoms with Crippen LogP contribution in [-0.2, 0) is 39.3 Å². The Morgan fingerprint density at radius 2 is 1.62 bits per heavy atom. The van der Waals surface area contributed by atoms with Crippen molar-refractivity contribution in [1.82, 2.24) is 36.3 Å². The molecule has 0 aliphatic carbocycles. The van der Waals surface area contributed by atoms with E-state index in [2.05, 4.69) is 59.3 Å². The van der Waals surface area contributed by atoms with E-state index in [0.717, 1.165) is 28.1 Å². The maximum Gasteiger partial charge on any atom is 0.407 e. The molecule has 58 heavy (non-hydrogen) atoms. The van der Waals surface area contributed by atoms with Gasteiger partial charge in [0.1, 0.15) is 6.04 Å². The predicted molar refractivity (Wildman–Crippen MR) is 225 cm³/mol. The van der Waals surface area contributed by atoms with E-state index in [0.29, 0.717) is 19.4 Å². The number of nitrogens with zero attached hydrogens (tertiary/aromatic N) is 3. The van der Waals surface area contributed by atoms with Crippen LogP contribution in [0.2, 0.25) is 0 Å². The molecular formula is C45H65N7O6. The second kappa shape index (κ2) is 20.1. The summed E-state index contributed by atoms with van der Waals surface area (Å²) in [6.45, 7) is 18.5. The maximum absolute atomic E-state index is 14.7. The van der Waals surface area contributed by atoms with Crippen LogP contribution in [0, 0.1) is 24.2 Å². The van der Waals surface area contributed by atoms with Crippen molar-refractivity contribution in [2.24, 2.45) is 17.3 Å². The van der Waals surface area contributed by atoms with E-state index in [1.54, 1.807) is 9.91 Å². The number of nitrogens with one attached hydrogen (secondary N) is 4.